The average molecular weight is 484 g/mol. The van der Waals surface area contributed by atoms with E-state index in [-0.39, 0.29) is 5.91 Å². The Balaban J connectivity index is 1.45. The maximum absolute atomic E-state index is 13.0. The number of nitrogens with zero attached hydrogens (tertiary/aromatic N) is 4. The van der Waals surface area contributed by atoms with Crippen molar-refractivity contribution in [3.63, 3.8) is 0 Å². The van der Waals surface area contributed by atoms with E-state index in [1.165, 1.54) is 0 Å². The first-order valence-corrected chi connectivity index (χ1v) is 11.5. The molecular weight excluding hydrogens is 458 g/mol. The van der Waals surface area contributed by atoms with Crippen molar-refractivity contribution >= 4 is 22.9 Å². The van der Waals surface area contributed by atoms with Gasteiger partial charge in [-0.1, -0.05) is 0 Å². The highest BCUT2D eigenvalue weighted by Crippen LogP contribution is 2.31. The summed E-state index contributed by atoms with van der Waals surface area (Å²) in [6, 6.07) is 16.9. The van der Waals surface area contributed by atoms with Crippen molar-refractivity contribution in [2.24, 2.45) is 0 Å². The number of carbonyl (C=O) groups excluding carboxylic acids is 1. The predicted molar refractivity (Wildman–Crippen MR) is 135 cm³/mol. The van der Waals surface area contributed by atoms with Gasteiger partial charge in [0.1, 0.15) is 17.6 Å². The van der Waals surface area contributed by atoms with Gasteiger partial charge in [0, 0.05) is 36.6 Å². The molecule has 1 N–H and O–H groups in total. The van der Waals surface area contributed by atoms with Gasteiger partial charge in [-0.3, -0.25) is 9.20 Å². The number of ether oxygens (including phenoxy) is 3. The van der Waals surface area contributed by atoms with Crippen LogP contribution in [0.5, 0.6) is 11.5 Å². The minimum atomic E-state index is -0.0714. The van der Waals surface area contributed by atoms with Gasteiger partial charge in [-0.2, -0.15) is 5.26 Å². The summed E-state index contributed by atoms with van der Waals surface area (Å²) < 4.78 is 18.1. The summed E-state index contributed by atoms with van der Waals surface area (Å²) in [6.07, 6.45) is 3.69. The van der Waals surface area contributed by atoms with E-state index in [0.29, 0.717) is 54.6 Å². The van der Waals surface area contributed by atoms with Crippen molar-refractivity contribution in [3.8, 4) is 28.8 Å². The second-order valence-corrected chi connectivity index (χ2v) is 8.23. The first-order valence-electron chi connectivity index (χ1n) is 11.5. The molecule has 3 heterocycles. The highest BCUT2D eigenvalue weighted by atomic mass is 16.5. The van der Waals surface area contributed by atoms with E-state index in [2.05, 4.69) is 16.4 Å². The number of nitrogens with one attached hydrogen (secondary N) is 1. The first kappa shape index (κ1) is 23.2. The molecule has 0 saturated carbocycles. The Morgan fingerprint density at radius 2 is 1.89 bits per heavy atom. The zero-order valence-electron chi connectivity index (χ0n) is 20.0. The number of rotatable bonds is 6. The van der Waals surface area contributed by atoms with Gasteiger partial charge in [0.25, 0.3) is 5.91 Å². The number of anilines is 2. The molecule has 0 atom stereocenters. The van der Waals surface area contributed by atoms with Crippen LogP contribution in [0.2, 0.25) is 0 Å². The monoisotopic (exact) mass is 483 g/mol. The number of morpholine rings is 1. The van der Waals surface area contributed by atoms with Gasteiger partial charge in [0.2, 0.25) is 0 Å². The fraction of sp³-hybridized carbons (Fsp3) is 0.222. The maximum atomic E-state index is 13.0. The largest absolute Gasteiger partial charge is 0.496 e. The molecule has 1 aliphatic rings. The molecule has 4 aromatic rings. The lowest BCUT2D eigenvalue weighted by molar-refractivity contribution is 0.0301. The highest BCUT2D eigenvalue weighted by molar-refractivity contribution is 5.97. The van der Waals surface area contributed by atoms with Crippen LogP contribution in [-0.4, -0.2) is 60.7 Å². The lowest BCUT2D eigenvalue weighted by atomic mass is 10.1. The molecule has 0 spiro atoms. The average Bonchev–Trinajstić information content (AvgIpc) is 3.38. The number of imidazole rings is 1. The fourth-order valence-corrected chi connectivity index (χ4v) is 4.31. The van der Waals surface area contributed by atoms with Crippen LogP contribution in [0.15, 0.2) is 60.9 Å². The lowest BCUT2D eigenvalue weighted by Gasteiger charge is -2.27. The zero-order chi connectivity index (χ0) is 25.1. The Morgan fingerprint density at radius 1 is 1.08 bits per heavy atom. The standard InChI is InChI=1S/C27H25N5O4/c1-34-24-8-5-18(14-19(24)16-28)23-17-29-26-22(4-3-9-32(23)26)30-20-6-7-21(25(15-20)35-2)27(33)31-10-12-36-13-11-31/h3-9,14-15,17,30H,10-13H2,1-2H3. The molecule has 9 heteroatoms. The van der Waals surface area contributed by atoms with Crippen molar-refractivity contribution < 1.29 is 19.0 Å². The number of fused-ring (bicyclic) bond motifs is 1. The Bertz CT molecular complexity index is 1470. The Kier molecular flexibility index (Phi) is 6.43. The van der Waals surface area contributed by atoms with E-state index >= 15 is 0 Å². The molecule has 1 aliphatic heterocycles. The highest BCUT2D eigenvalue weighted by Gasteiger charge is 2.22. The van der Waals surface area contributed by atoms with Gasteiger partial charge < -0.3 is 24.4 Å². The molecule has 2 aromatic carbocycles. The Hall–Kier alpha value is -4.55. The van der Waals surface area contributed by atoms with Gasteiger partial charge in [0.15, 0.2) is 5.65 Å². The quantitative estimate of drug-likeness (QED) is 0.440. The van der Waals surface area contributed by atoms with Crippen molar-refractivity contribution in [1.29, 1.82) is 5.26 Å². The molecule has 5 rings (SSSR count). The minimum Gasteiger partial charge on any atom is -0.496 e. The van der Waals surface area contributed by atoms with Gasteiger partial charge in [-0.15, -0.1) is 0 Å². The minimum absolute atomic E-state index is 0.0714. The van der Waals surface area contributed by atoms with Crippen LogP contribution >= 0.6 is 0 Å². The van der Waals surface area contributed by atoms with Gasteiger partial charge in [-0.05, 0) is 42.5 Å². The second-order valence-electron chi connectivity index (χ2n) is 8.23. The number of aromatic nitrogens is 2. The Morgan fingerprint density at radius 3 is 2.64 bits per heavy atom. The molecule has 0 bridgehead atoms. The molecule has 1 amide bonds. The summed E-state index contributed by atoms with van der Waals surface area (Å²) >= 11 is 0. The van der Waals surface area contributed by atoms with Crippen LogP contribution in [0.3, 0.4) is 0 Å². The number of hydrogen-bond acceptors (Lipinski definition) is 7. The summed E-state index contributed by atoms with van der Waals surface area (Å²) in [5.41, 5.74) is 4.93. The molecule has 2 aromatic heterocycles. The molecule has 36 heavy (non-hydrogen) atoms. The van der Waals surface area contributed by atoms with Crippen LogP contribution in [0.1, 0.15) is 15.9 Å². The molecular formula is C27H25N5O4. The van der Waals surface area contributed by atoms with Crippen molar-refractivity contribution in [3.05, 3.63) is 72.1 Å². The molecule has 0 unspecified atom stereocenters. The number of pyridine rings is 1. The number of carbonyl (C=O) groups is 1. The predicted octanol–water partition coefficient (Wildman–Crippen LogP) is 4.11. The molecule has 1 fully saturated rings. The molecule has 9 nitrogen and oxygen atoms in total. The lowest BCUT2D eigenvalue weighted by Crippen LogP contribution is -2.40. The van der Waals surface area contributed by atoms with Crippen LogP contribution in [0.4, 0.5) is 11.4 Å². The van der Waals surface area contributed by atoms with Crippen LogP contribution in [0.25, 0.3) is 16.9 Å². The number of nitriles is 1. The summed E-state index contributed by atoms with van der Waals surface area (Å²) in [5.74, 6) is 0.953. The third kappa shape index (κ3) is 4.30. The summed E-state index contributed by atoms with van der Waals surface area (Å²) in [4.78, 5) is 19.4. The normalized spacial score (nSPS) is 13.3. The number of amides is 1. The third-order valence-corrected chi connectivity index (χ3v) is 6.16. The summed E-state index contributed by atoms with van der Waals surface area (Å²) in [5, 5.41) is 12.9. The molecule has 0 aliphatic carbocycles. The van der Waals surface area contributed by atoms with Gasteiger partial charge in [0.05, 0.1) is 56.1 Å². The second kappa shape index (κ2) is 9.98. The van der Waals surface area contributed by atoms with Gasteiger partial charge >= 0.3 is 0 Å². The van der Waals surface area contributed by atoms with Crippen LogP contribution < -0.4 is 14.8 Å². The maximum Gasteiger partial charge on any atom is 0.257 e. The molecule has 182 valence electrons. The van der Waals surface area contributed by atoms with E-state index in [0.717, 1.165) is 22.6 Å². The fourth-order valence-electron chi connectivity index (χ4n) is 4.31. The molecule has 1 saturated heterocycles. The van der Waals surface area contributed by atoms with E-state index < -0.39 is 0 Å². The van der Waals surface area contributed by atoms with E-state index in [1.807, 2.05) is 40.9 Å². The van der Waals surface area contributed by atoms with E-state index in [9.17, 15) is 10.1 Å². The molecule has 0 radical (unpaired) electrons. The van der Waals surface area contributed by atoms with E-state index in [1.54, 1.807) is 43.5 Å². The third-order valence-electron chi connectivity index (χ3n) is 6.16. The van der Waals surface area contributed by atoms with Crippen LogP contribution in [0, 0.1) is 11.3 Å². The van der Waals surface area contributed by atoms with Gasteiger partial charge in [-0.25, -0.2) is 4.98 Å². The van der Waals surface area contributed by atoms with Crippen molar-refractivity contribution in [2.45, 2.75) is 0 Å². The van der Waals surface area contributed by atoms with E-state index in [4.69, 9.17) is 14.2 Å². The SMILES string of the molecule is COc1ccc(-c2cnc3c(Nc4ccc(C(=O)N5CCOCC5)c(OC)c4)cccn23)cc1C#N. The van der Waals surface area contributed by atoms with Crippen LogP contribution in [-0.2, 0) is 4.74 Å². The Labute approximate surface area is 208 Å². The van der Waals surface area contributed by atoms with Crippen molar-refractivity contribution in [2.75, 3.05) is 45.8 Å². The summed E-state index contributed by atoms with van der Waals surface area (Å²) in [7, 11) is 3.10. The topological polar surface area (TPSA) is 101 Å². The number of hydrogen-bond donors (Lipinski definition) is 1. The zero-order valence-corrected chi connectivity index (χ0v) is 20.0. The number of methoxy groups -OCH3 is 2. The first-order chi connectivity index (χ1) is 17.6. The van der Waals surface area contributed by atoms with Crippen molar-refractivity contribution in [1.82, 2.24) is 14.3 Å². The smallest absolute Gasteiger partial charge is 0.257 e. The summed E-state index contributed by atoms with van der Waals surface area (Å²) in [6.45, 7) is 2.21. The number of benzene rings is 2.